The number of halogens is 2. The van der Waals surface area contributed by atoms with E-state index in [4.69, 9.17) is 11.6 Å². The summed E-state index contributed by atoms with van der Waals surface area (Å²) >= 11 is 10.6. The summed E-state index contributed by atoms with van der Waals surface area (Å²) in [6.45, 7) is 5.85. The number of benzene rings is 1. The molecule has 1 heterocycles. The van der Waals surface area contributed by atoms with E-state index in [-0.39, 0.29) is 10.3 Å². The monoisotopic (exact) mass is 373 g/mol. The number of aromatic nitrogens is 1. The molecule has 20 heavy (non-hydrogen) atoms. The van der Waals surface area contributed by atoms with Crippen molar-refractivity contribution >= 4 is 44.8 Å². The van der Waals surface area contributed by atoms with Crippen molar-refractivity contribution in [3.05, 3.63) is 38.3 Å². The van der Waals surface area contributed by atoms with E-state index >= 15 is 0 Å². The zero-order valence-corrected chi connectivity index (χ0v) is 14.4. The van der Waals surface area contributed by atoms with E-state index in [1.165, 1.54) is 11.3 Å². The molecule has 0 aliphatic carbocycles. The highest BCUT2D eigenvalue weighted by Gasteiger charge is 2.27. The van der Waals surface area contributed by atoms with Crippen molar-refractivity contribution in [2.24, 2.45) is 0 Å². The number of nitrogens with zero attached hydrogens (tertiary/aromatic N) is 1. The minimum absolute atomic E-state index is 0.284. The van der Waals surface area contributed by atoms with Gasteiger partial charge in [-0.15, -0.1) is 11.3 Å². The lowest BCUT2D eigenvalue weighted by Crippen LogP contribution is -2.16. The number of rotatable bonds is 2. The van der Waals surface area contributed by atoms with Gasteiger partial charge >= 0.3 is 5.97 Å². The minimum atomic E-state index is -0.943. The molecule has 106 valence electrons. The first-order valence-corrected chi connectivity index (χ1v) is 7.89. The minimum Gasteiger partial charge on any atom is -0.477 e. The van der Waals surface area contributed by atoms with Crippen molar-refractivity contribution in [1.82, 2.24) is 4.98 Å². The Morgan fingerprint density at radius 3 is 2.50 bits per heavy atom. The van der Waals surface area contributed by atoms with Gasteiger partial charge in [-0.1, -0.05) is 38.4 Å². The molecule has 0 saturated carbocycles. The van der Waals surface area contributed by atoms with Crippen molar-refractivity contribution in [3.8, 4) is 10.6 Å². The molecular formula is C14H13BrClNO2S. The molecule has 0 aliphatic heterocycles. The van der Waals surface area contributed by atoms with Gasteiger partial charge in [0.05, 0.1) is 10.7 Å². The summed E-state index contributed by atoms with van der Waals surface area (Å²) in [6.07, 6.45) is 0. The van der Waals surface area contributed by atoms with Gasteiger partial charge in [-0.05, 0) is 28.1 Å². The molecule has 0 saturated heterocycles. The first-order chi connectivity index (χ1) is 9.20. The normalized spacial score (nSPS) is 11.7. The molecule has 1 N–H and O–H groups in total. The fourth-order valence-electron chi connectivity index (χ4n) is 1.73. The first kappa shape index (κ1) is 15.5. The van der Waals surface area contributed by atoms with Gasteiger partial charge in [-0.2, -0.15) is 0 Å². The lowest BCUT2D eigenvalue weighted by atomic mass is 9.91. The van der Waals surface area contributed by atoms with E-state index in [0.29, 0.717) is 15.7 Å². The van der Waals surface area contributed by atoms with Gasteiger partial charge in [-0.25, -0.2) is 9.78 Å². The predicted molar refractivity (Wildman–Crippen MR) is 85.9 cm³/mol. The van der Waals surface area contributed by atoms with Gasteiger partial charge in [-0.3, -0.25) is 0 Å². The molecule has 2 aromatic rings. The number of hydrogen-bond donors (Lipinski definition) is 1. The van der Waals surface area contributed by atoms with E-state index < -0.39 is 5.97 Å². The smallest absolute Gasteiger partial charge is 0.347 e. The molecule has 2 rings (SSSR count). The summed E-state index contributed by atoms with van der Waals surface area (Å²) in [5.41, 5.74) is 1.10. The number of carboxylic acids is 1. The Labute approximate surface area is 134 Å². The number of carbonyl (C=O) groups is 1. The Morgan fingerprint density at radius 1 is 1.40 bits per heavy atom. The van der Waals surface area contributed by atoms with Crippen LogP contribution >= 0.6 is 38.9 Å². The van der Waals surface area contributed by atoms with Crippen LogP contribution in [0.5, 0.6) is 0 Å². The Bertz CT molecular complexity index is 676. The largest absolute Gasteiger partial charge is 0.477 e. The van der Waals surface area contributed by atoms with Crippen molar-refractivity contribution < 1.29 is 9.90 Å². The maximum atomic E-state index is 11.4. The Morgan fingerprint density at radius 2 is 2.05 bits per heavy atom. The van der Waals surface area contributed by atoms with Crippen molar-refractivity contribution in [1.29, 1.82) is 0 Å². The summed E-state index contributed by atoms with van der Waals surface area (Å²) in [5.74, 6) is -0.943. The van der Waals surface area contributed by atoms with Crippen LogP contribution in [0.4, 0.5) is 0 Å². The van der Waals surface area contributed by atoms with Crippen LogP contribution in [0.2, 0.25) is 5.02 Å². The predicted octanol–water partition coefficient (Wildman–Crippen LogP) is 5.22. The topological polar surface area (TPSA) is 50.2 Å². The second kappa shape index (κ2) is 5.47. The van der Waals surface area contributed by atoms with Crippen LogP contribution in [-0.2, 0) is 5.41 Å². The van der Waals surface area contributed by atoms with Gasteiger partial charge < -0.3 is 5.11 Å². The zero-order chi connectivity index (χ0) is 15.1. The van der Waals surface area contributed by atoms with E-state index in [1.54, 1.807) is 6.07 Å². The summed E-state index contributed by atoms with van der Waals surface area (Å²) in [7, 11) is 0. The number of carboxylic acid groups (broad SMARTS) is 1. The lowest BCUT2D eigenvalue weighted by Gasteiger charge is -2.16. The quantitative estimate of drug-likeness (QED) is 0.784. The summed E-state index contributed by atoms with van der Waals surface area (Å²) < 4.78 is 0.800. The fraction of sp³-hybridized carbons (Fsp3) is 0.286. The van der Waals surface area contributed by atoms with Crippen LogP contribution < -0.4 is 0 Å². The van der Waals surface area contributed by atoms with Crippen LogP contribution in [0.1, 0.15) is 36.1 Å². The van der Waals surface area contributed by atoms with Gasteiger partial charge in [0.2, 0.25) is 0 Å². The highest BCUT2D eigenvalue weighted by molar-refractivity contribution is 9.10. The van der Waals surface area contributed by atoms with Gasteiger partial charge in [0, 0.05) is 15.5 Å². The lowest BCUT2D eigenvalue weighted by molar-refractivity contribution is 0.0699. The molecule has 0 aliphatic rings. The van der Waals surface area contributed by atoms with Crippen LogP contribution in [0, 0.1) is 0 Å². The second-order valence-corrected chi connectivity index (χ2v) is 7.64. The molecular weight excluding hydrogens is 362 g/mol. The van der Waals surface area contributed by atoms with Gasteiger partial charge in [0.15, 0.2) is 0 Å². The number of hydrogen-bond acceptors (Lipinski definition) is 3. The molecule has 0 amide bonds. The van der Waals surface area contributed by atoms with E-state index in [0.717, 1.165) is 10.0 Å². The van der Waals surface area contributed by atoms with Crippen LogP contribution in [0.25, 0.3) is 10.6 Å². The maximum absolute atomic E-state index is 11.4. The highest BCUT2D eigenvalue weighted by Crippen LogP contribution is 2.36. The number of thiazole rings is 1. The standard InChI is InChI=1S/C14H13BrClNO2S/c1-14(2,3)11-10(13(18)19)20-12(17-11)7-4-5-8(15)9(16)6-7/h4-6H,1-3H3,(H,18,19). The zero-order valence-electron chi connectivity index (χ0n) is 11.2. The van der Waals surface area contributed by atoms with E-state index in [2.05, 4.69) is 20.9 Å². The Kier molecular flexibility index (Phi) is 4.23. The SMILES string of the molecule is CC(C)(C)c1nc(-c2ccc(Br)c(Cl)c2)sc1C(=O)O. The average Bonchev–Trinajstić information content (AvgIpc) is 2.77. The molecule has 1 aromatic carbocycles. The molecule has 0 fully saturated rings. The molecule has 1 aromatic heterocycles. The molecule has 6 heteroatoms. The summed E-state index contributed by atoms with van der Waals surface area (Å²) in [5, 5.41) is 10.6. The van der Waals surface area contributed by atoms with Crippen LogP contribution in [0.3, 0.4) is 0 Å². The fourth-order valence-corrected chi connectivity index (χ4v) is 3.26. The molecule has 3 nitrogen and oxygen atoms in total. The van der Waals surface area contributed by atoms with Crippen molar-refractivity contribution in [3.63, 3.8) is 0 Å². The molecule has 0 atom stereocenters. The average molecular weight is 375 g/mol. The molecule has 0 radical (unpaired) electrons. The Balaban J connectivity index is 2.58. The molecule has 0 unspecified atom stereocenters. The maximum Gasteiger partial charge on any atom is 0.347 e. The third-order valence-corrected chi connectivity index (χ3v) is 5.02. The third-order valence-electron chi connectivity index (χ3n) is 2.70. The van der Waals surface area contributed by atoms with Crippen molar-refractivity contribution in [2.75, 3.05) is 0 Å². The van der Waals surface area contributed by atoms with Crippen LogP contribution in [0.15, 0.2) is 22.7 Å². The van der Waals surface area contributed by atoms with Crippen LogP contribution in [-0.4, -0.2) is 16.1 Å². The van der Waals surface area contributed by atoms with Crippen molar-refractivity contribution in [2.45, 2.75) is 26.2 Å². The van der Waals surface area contributed by atoms with Gasteiger partial charge in [0.25, 0.3) is 0 Å². The number of aromatic carboxylic acids is 1. The highest BCUT2D eigenvalue weighted by atomic mass is 79.9. The third kappa shape index (κ3) is 3.05. The Hall–Kier alpha value is -0.910. The summed E-state index contributed by atoms with van der Waals surface area (Å²) in [6, 6.07) is 5.48. The molecule has 0 spiro atoms. The van der Waals surface area contributed by atoms with Gasteiger partial charge in [0.1, 0.15) is 9.88 Å². The first-order valence-electron chi connectivity index (χ1n) is 5.90. The van der Waals surface area contributed by atoms with E-state index in [1.807, 2.05) is 32.9 Å². The molecule has 0 bridgehead atoms. The van der Waals surface area contributed by atoms with E-state index in [9.17, 15) is 9.90 Å². The second-order valence-electron chi connectivity index (χ2n) is 5.38. The summed E-state index contributed by atoms with van der Waals surface area (Å²) in [4.78, 5) is 16.2.